The van der Waals surface area contributed by atoms with Crippen molar-refractivity contribution in [3.63, 3.8) is 0 Å². The van der Waals surface area contributed by atoms with E-state index in [2.05, 4.69) is 10.6 Å². The van der Waals surface area contributed by atoms with Crippen molar-refractivity contribution in [2.24, 2.45) is 0 Å². The monoisotopic (exact) mass is 491 g/mol. The first-order chi connectivity index (χ1) is 17.7. The van der Waals surface area contributed by atoms with Gasteiger partial charge in [0.15, 0.2) is 5.13 Å². The van der Waals surface area contributed by atoms with Crippen LogP contribution in [-0.4, -0.2) is 18.0 Å². The van der Waals surface area contributed by atoms with E-state index in [4.69, 9.17) is 9.72 Å². The van der Waals surface area contributed by atoms with Gasteiger partial charge in [0.05, 0.1) is 18.7 Å². The first-order valence-corrected chi connectivity index (χ1v) is 12.5. The number of anilines is 3. The molecule has 5 aromatic rings. The molecule has 0 aliphatic heterocycles. The standard InChI is InChI=1S/C30H25N3O2S/c1-35-26-14-8-13-25(19-26)32-30-33-27(20-36-30)21-15-17-24(18-16-21)31-29(34)28(22-9-4-2-5-10-22)23-11-6-3-7-12-23/h2-20,28H,1H3,(H,31,34)(H,32,33). The number of nitrogens with one attached hydrogen (secondary N) is 2. The summed E-state index contributed by atoms with van der Waals surface area (Å²) >= 11 is 1.53. The number of carbonyl (C=O) groups excluding carboxylic acids is 1. The van der Waals surface area contributed by atoms with E-state index in [-0.39, 0.29) is 5.91 Å². The predicted octanol–water partition coefficient (Wildman–Crippen LogP) is 7.33. The topological polar surface area (TPSA) is 63.2 Å². The zero-order chi connectivity index (χ0) is 24.7. The van der Waals surface area contributed by atoms with Gasteiger partial charge >= 0.3 is 0 Å². The minimum absolute atomic E-state index is 0.0708. The molecule has 0 radical (unpaired) electrons. The summed E-state index contributed by atoms with van der Waals surface area (Å²) in [5.41, 5.74) is 5.42. The maximum Gasteiger partial charge on any atom is 0.236 e. The van der Waals surface area contributed by atoms with Crippen LogP contribution in [-0.2, 0) is 4.79 Å². The zero-order valence-corrected chi connectivity index (χ0v) is 20.5. The molecule has 0 aliphatic carbocycles. The minimum atomic E-state index is -0.393. The lowest BCUT2D eigenvalue weighted by atomic mass is 9.90. The lowest BCUT2D eigenvalue weighted by molar-refractivity contribution is -0.116. The van der Waals surface area contributed by atoms with Crippen LogP contribution in [0.3, 0.4) is 0 Å². The fourth-order valence-corrected chi connectivity index (χ4v) is 4.75. The smallest absolute Gasteiger partial charge is 0.236 e. The Balaban J connectivity index is 1.30. The Hall–Kier alpha value is -4.42. The summed E-state index contributed by atoms with van der Waals surface area (Å²) in [7, 11) is 1.65. The van der Waals surface area contributed by atoms with Gasteiger partial charge in [-0.05, 0) is 35.4 Å². The molecule has 5 rings (SSSR count). The van der Waals surface area contributed by atoms with E-state index < -0.39 is 5.92 Å². The van der Waals surface area contributed by atoms with E-state index in [1.54, 1.807) is 7.11 Å². The van der Waals surface area contributed by atoms with Crippen molar-refractivity contribution in [1.82, 2.24) is 4.98 Å². The summed E-state index contributed by atoms with van der Waals surface area (Å²) in [6.45, 7) is 0. The highest BCUT2D eigenvalue weighted by atomic mass is 32.1. The number of methoxy groups -OCH3 is 1. The average Bonchev–Trinajstić information content (AvgIpc) is 3.39. The molecular weight excluding hydrogens is 466 g/mol. The van der Waals surface area contributed by atoms with Crippen molar-refractivity contribution in [2.75, 3.05) is 17.7 Å². The second-order valence-electron chi connectivity index (χ2n) is 8.22. The molecule has 0 fully saturated rings. The molecule has 178 valence electrons. The molecule has 2 N–H and O–H groups in total. The third kappa shape index (κ3) is 5.45. The summed E-state index contributed by atoms with van der Waals surface area (Å²) in [6, 6.07) is 35.2. The molecule has 5 nitrogen and oxygen atoms in total. The number of rotatable bonds is 8. The highest BCUT2D eigenvalue weighted by Crippen LogP contribution is 2.30. The van der Waals surface area contributed by atoms with Crippen LogP contribution in [0, 0.1) is 0 Å². The number of thiazole rings is 1. The molecule has 0 bridgehead atoms. The third-order valence-electron chi connectivity index (χ3n) is 5.80. The lowest BCUT2D eigenvalue weighted by Gasteiger charge is -2.18. The quantitative estimate of drug-likeness (QED) is 0.238. The first-order valence-electron chi connectivity index (χ1n) is 11.6. The van der Waals surface area contributed by atoms with Crippen molar-refractivity contribution >= 4 is 33.8 Å². The van der Waals surface area contributed by atoms with Crippen LogP contribution in [0.25, 0.3) is 11.3 Å². The number of amides is 1. The SMILES string of the molecule is COc1cccc(Nc2nc(-c3ccc(NC(=O)C(c4ccccc4)c4ccccc4)cc3)cs2)c1. The molecular formula is C30H25N3O2S. The third-order valence-corrected chi connectivity index (χ3v) is 6.56. The number of nitrogens with zero attached hydrogens (tertiary/aromatic N) is 1. The number of benzene rings is 4. The fraction of sp³-hybridized carbons (Fsp3) is 0.0667. The largest absolute Gasteiger partial charge is 0.497 e. The number of carbonyl (C=O) groups is 1. The normalized spacial score (nSPS) is 10.7. The molecule has 0 aliphatic rings. The Kier molecular flexibility index (Phi) is 7.05. The molecule has 1 heterocycles. The van der Waals surface area contributed by atoms with Crippen LogP contribution in [0.2, 0.25) is 0 Å². The van der Waals surface area contributed by atoms with Gasteiger partial charge in [-0.2, -0.15) is 0 Å². The van der Waals surface area contributed by atoms with Gasteiger partial charge in [-0.1, -0.05) is 78.9 Å². The van der Waals surface area contributed by atoms with Gasteiger partial charge in [0, 0.05) is 28.4 Å². The van der Waals surface area contributed by atoms with Gasteiger partial charge in [0.25, 0.3) is 0 Å². The molecule has 4 aromatic carbocycles. The maximum absolute atomic E-state index is 13.4. The van der Waals surface area contributed by atoms with E-state index in [9.17, 15) is 4.79 Å². The molecule has 1 aromatic heterocycles. The number of hydrogen-bond donors (Lipinski definition) is 2. The number of aromatic nitrogens is 1. The van der Waals surface area contributed by atoms with Crippen LogP contribution in [0.5, 0.6) is 5.75 Å². The summed E-state index contributed by atoms with van der Waals surface area (Å²) in [5.74, 6) is 0.325. The van der Waals surface area contributed by atoms with E-state index in [0.29, 0.717) is 0 Å². The molecule has 36 heavy (non-hydrogen) atoms. The van der Waals surface area contributed by atoms with Gasteiger partial charge in [-0.25, -0.2) is 4.98 Å². The van der Waals surface area contributed by atoms with E-state index in [0.717, 1.165) is 44.6 Å². The Morgan fingerprint density at radius 1 is 0.806 bits per heavy atom. The van der Waals surface area contributed by atoms with Crippen LogP contribution < -0.4 is 15.4 Å². The lowest BCUT2D eigenvalue weighted by Crippen LogP contribution is -2.22. The second-order valence-corrected chi connectivity index (χ2v) is 9.07. The van der Waals surface area contributed by atoms with Crippen molar-refractivity contribution in [3.8, 4) is 17.0 Å². The van der Waals surface area contributed by atoms with Crippen molar-refractivity contribution in [3.05, 3.63) is 126 Å². The second kappa shape index (κ2) is 10.9. The molecule has 0 atom stereocenters. The fourth-order valence-electron chi connectivity index (χ4n) is 4.01. The van der Waals surface area contributed by atoms with Crippen molar-refractivity contribution < 1.29 is 9.53 Å². The van der Waals surface area contributed by atoms with Gasteiger partial charge < -0.3 is 15.4 Å². The molecule has 6 heteroatoms. The van der Waals surface area contributed by atoms with Crippen molar-refractivity contribution in [2.45, 2.75) is 5.92 Å². The molecule has 1 amide bonds. The number of hydrogen-bond acceptors (Lipinski definition) is 5. The maximum atomic E-state index is 13.4. The summed E-state index contributed by atoms with van der Waals surface area (Å²) in [6.07, 6.45) is 0. The van der Waals surface area contributed by atoms with Crippen LogP contribution in [0.4, 0.5) is 16.5 Å². The Morgan fingerprint density at radius 2 is 1.47 bits per heavy atom. The zero-order valence-electron chi connectivity index (χ0n) is 19.7. The molecule has 0 saturated carbocycles. The summed E-state index contributed by atoms with van der Waals surface area (Å²) in [4.78, 5) is 18.1. The summed E-state index contributed by atoms with van der Waals surface area (Å²) in [5, 5.41) is 9.21. The highest BCUT2D eigenvalue weighted by molar-refractivity contribution is 7.14. The Bertz CT molecular complexity index is 1390. The Labute approximate surface area is 214 Å². The van der Waals surface area contributed by atoms with Gasteiger partial charge in [-0.15, -0.1) is 11.3 Å². The van der Waals surface area contributed by atoms with E-state index in [1.165, 1.54) is 11.3 Å². The van der Waals surface area contributed by atoms with E-state index in [1.807, 2.05) is 115 Å². The summed E-state index contributed by atoms with van der Waals surface area (Å²) < 4.78 is 5.28. The predicted molar refractivity (Wildman–Crippen MR) is 147 cm³/mol. The molecule has 0 spiro atoms. The van der Waals surface area contributed by atoms with Gasteiger partial charge in [-0.3, -0.25) is 4.79 Å². The van der Waals surface area contributed by atoms with Crippen molar-refractivity contribution in [1.29, 1.82) is 0 Å². The van der Waals surface area contributed by atoms with Crippen LogP contribution in [0.1, 0.15) is 17.0 Å². The highest BCUT2D eigenvalue weighted by Gasteiger charge is 2.22. The Morgan fingerprint density at radius 3 is 2.11 bits per heavy atom. The minimum Gasteiger partial charge on any atom is -0.497 e. The molecule has 0 saturated heterocycles. The first kappa shape index (κ1) is 23.3. The number of ether oxygens (including phenoxy) is 1. The van der Waals surface area contributed by atoms with Gasteiger partial charge in [0.1, 0.15) is 5.75 Å². The van der Waals surface area contributed by atoms with Crippen LogP contribution >= 0.6 is 11.3 Å². The van der Waals surface area contributed by atoms with Gasteiger partial charge in [0.2, 0.25) is 5.91 Å². The van der Waals surface area contributed by atoms with E-state index >= 15 is 0 Å². The van der Waals surface area contributed by atoms with Crippen LogP contribution in [0.15, 0.2) is 115 Å². The molecule has 0 unspecified atom stereocenters. The average molecular weight is 492 g/mol.